The highest BCUT2D eigenvalue weighted by molar-refractivity contribution is 6.99. The smallest absolute Gasteiger partial charge is 0.261 e. The molecule has 1 aliphatic heterocycles. The summed E-state index contributed by atoms with van der Waals surface area (Å²) >= 11 is 0. The Morgan fingerprint density at radius 3 is 1.90 bits per heavy atom. The second-order valence-corrected chi connectivity index (χ2v) is 14.1. The van der Waals surface area contributed by atoms with Crippen molar-refractivity contribution in [1.82, 2.24) is 0 Å². The van der Waals surface area contributed by atoms with Crippen molar-refractivity contribution in [2.45, 2.75) is 51.6 Å². The number of anilines is 1. The summed E-state index contributed by atoms with van der Waals surface area (Å²) in [5.41, 5.74) is 2.63. The molecule has 0 radical (unpaired) electrons. The average Bonchev–Trinajstić information content (AvgIpc) is 3.24. The van der Waals surface area contributed by atoms with Crippen molar-refractivity contribution < 1.29 is 4.43 Å². The van der Waals surface area contributed by atoms with E-state index in [-0.39, 0.29) is 5.04 Å². The van der Waals surface area contributed by atoms with Crippen LogP contribution in [0.5, 0.6) is 0 Å². The Balaban J connectivity index is 1.69. The van der Waals surface area contributed by atoms with E-state index in [1.165, 1.54) is 34.5 Å². The number of hydrogen-bond acceptors (Lipinski definition) is 2. The van der Waals surface area contributed by atoms with Crippen LogP contribution in [0.25, 0.3) is 0 Å². The molecule has 1 fully saturated rings. The van der Waals surface area contributed by atoms with Crippen LogP contribution in [-0.2, 0) is 4.43 Å². The van der Waals surface area contributed by atoms with Gasteiger partial charge in [-0.05, 0) is 47.3 Å². The van der Waals surface area contributed by atoms with Crippen LogP contribution in [0.4, 0.5) is 5.69 Å². The van der Waals surface area contributed by atoms with Gasteiger partial charge in [0, 0.05) is 12.2 Å². The first-order chi connectivity index (χ1) is 14.9. The molecule has 2 nitrogen and oxygen atoms in total. The fourth-order valence-corrected chi connectivity index (χ4v) is 9.67. The lowest BCUT2D eigenvalue weighted by Gasteiger charge is -2.44. The maximum atomic E-state index is 7.22. The van der Waals surface area contributed by atoms with Crippen LogP contribution in [0.3, 0.4) is 0 Å². The predicted molar refractivity (Wildman–Crippen MR) is 135 cm³/mol. The Morgan fingerprint density at radius 1 is 0.839 bits per heavy atom. The molecule has 1 heterocycles. The van der Waals surface area contributed by atoms with E-state index in [0.29, 0.717) is 6.04 Å². The van der Waals surface area contributed by atoms with E-state index in [1.54, 1.807) is 0 Å². The number of nitrogens with zero attached hydrogens (tertiary/aromatic N) is 1. The predicted octanol–water partition coefficient (Wildman–Crippen LogP) is 5.54. The van der Waals surface area contributed by atoms with Crippen molar-refractivity contribution >= 4 is 24.4 Å². The van der Waals surface area contributed by atoms with E-state index in [0.717, 1.165) is 13.2 Å². The first kappa shape index (κ1) is 21.9. The number of hydrogen-bond donors (Lipinski definition) is 0. The fourth-order valence-electron chi connectivity index (χ4n) is 5.07. The summed E-state index contributed by atoms with van der Waals surface area (Å²) in [6.07, 6.45) is 2.41. The molecule has 1 unspecified atom stereocenters. The third-order valence-electron chi connectivity index (χ3n) is 6.65. The van der Waals surface area contributed by atoms with Gasteiger partial charge in [0.2, 0.25) is 0 Å². The van der Waals surface area contributed by atoms with Gasteiger partial charge in [0.05, 0.1) is 12.6 Å². The van der Waals surface area contributed by atoms with Gasteiger partial charge in [0.15, 0.2) is 0 Å². The van der Waals surface area contributed by atoms with Gasteiger partial charge in [0.1, 0.15) is 0 Å². The fraction of sp³-hybridized carbons (Fsp3) is 0.357. The number of aryl methyl sites for hydroxylation is 1. The van der Waals surface area contributed by atoms with Gasteiger partial charge in [-0.25, -0.2) is 0 Å². The molecule has 3 heteroatoms. The normalized spacial score (nSPS) is 17.2. The van der Waals surface area contributed by atoms with Crippen molar-refractivity contribution in [3.8, 4) is 0 Å². The first-order valence-corrected chi connectivity index (χ1v) is 13.4. The molecule has 0 N–H and O–H groups in total. The Bertz CT molecular complexity index is 924. The summed E-state index contributed by atoms with van der Waals surface area (Å²) in [6, 6.07) is 31.3. The molecule has 1 aliphatic rings. The van der Waals surface area contributed by atoms with Crippen LogP contribution in [0.1, 0.15) is 39.2 Å². The SMILES string of the molecule is Cc1ccc(N2CCCC2CO[Si](c2ccccc2)(c2ccccc2)C(C)(C)C)cc1. The molecule has 3 aromatic carbocycles. The van der Waals surface area contributed by atoms with Crippen molar-refractivity contribution in [2.75, 3.05) is 18.1 Å². The zero-order chi connectivity index (χ0) is 21.9. The molecule has 4 rings (SSSR count). The molecule has 3 aromatic rings. The Morgan fingerprint density at radius 2 is 1.39 bits per heavy atom. The molecule has 162 valence electrons. The largest absolute Gasteiger partial charge is 0.405 e. The van der Waals surface area contributed by atoms with Gasteiger partial charge in [-0.15, -0.1) is 0 Å². The quantitative estimate of drug-likeness (QED) is 0.477. The topological polar surface area (TPSA) is 12.5 Å². The highest BCUT2D eigenvalue weighted by atomic mass is 28.4. The molecule has 0 spiro atoms. The lowest BCUT2D eigenvalue weighted by atomic mass is 10.2. The summed E-state index contributed by atoms with van der Waals surface area (Å²) in [6.45, 7) is 11.1. The Labute approximate surface area is 189 Å². The molecule has 0 aliphatic carbocycles. The number of rotatable bonds is 6. The minimum absolute atomic E-state index is 0.0169. The van der Waals surface area contributed by atoms with Gasteiger partial charge in [-0.1, -0.05) is 99.1 Å². The van der Waals surface area contributed by atoms with Crippen molar-refractivity contribution in [3.05, 3.63) is 90.5 Å². The third kappa shape index (κ3) is 4.35. The summed E-state index contributed by atoms with van der Waals surface area (Å²) in [4.78, 5) is 2.55. The van der Waals surface area contributed by atoms with Crippen LogP contribution in [0.15, 0.2) is 84.9 Å². The van der Waals surface area contributed by atoms with Crippen LogP contribution in [-0.4, -0.2) is 27.5 Å². The minimum atomic E-state index is -2.48. The van der Waals surface area contributed by atoms with Crippen LogP contribution in [0, 0.1) is 6.92 Å². The molecule has 31 heavy (non-hydrogen) atoms. The zero-order valence-electron chi connectivity index (χ0n) is 19.3. The Kier molecular flexibility index (Phi) is 6.36. The van der Waals surface area contributed by atoms with E-state index >= 15 is 0 Å². The van der Waals surface area contributed by atoms with Crippen LogP contribution < -0.4 is 15.3 Å². The van der Waals surface area contributed by atoms with E-state index in [4.69, 9.17) is 4.43 Å². The highest BCUT2D eigenvalue weighted by Crippen LogP contribution is 2.37. The Hall–Kier alpha value is -2.36. The van der Waals surface area contributed by atoms with Crippen molar-refractivity contribution in [1.29, 1.82) is 0 Å². The van der Waals surface area contributed by atoms with Crippen LogP contribution in [0.2, 0.25) is 5.04 Å². The lowest BCUT2D eigenvalue weighted by molar-refractivity contribution is 0.271. The van der Waals surface area contributed by atoms with Gasteiger partial charge >= 0.3 is 0 Å². The molecule has 1 saturated heterocycles. The third-order valence-corrected chi connectivity index (χ3v) is 11.7. The summed E-state index contributed by atoms with van der Waals surface area (Å²) in [5, 5.41) is 2.73. The maximum absolute atomic E-state index is 7.22. The summed E-state index contributed by atoms with van der Waals surface area (Å²) < 4.78 is 7.22. The lowest BCUT2D eigenvalue weighted by Crippen LogP contribution is -2.67. The number of benzene rings is 3. The van der Waals surface area contributed by atoms with E-state index in [1.807, 2.05) is 0 Å². The molecule has 0 bridgehead atoms. The molecular formula is C28H35NOSi. The summed E-state index contributed by atoms with van der Waals surface area (Å²) in [7, 11) is -2.48. The molecule has 1 atom stereocenters. The molecule has 0 aromatic heterocycles. The van der Waals surface area contributed by atoms with Crippen molar-refractivity contribution in [2.24, 2.45) is 0 Å². The summed E-state index contributed by atoms with van der Waals surface area (Å²) in [5.74, 6) is 0. The van der Waals surface area contributed by atoms with Crippen molar-refractivity contribution in [3.63, 3.8) is 0 Å². The standard InChI is InChI=1S/C28H35NOSi/c1-23-17-19-24(20-18-23)29-21-11-12-25(29)22-30-31(28(2,3)4,26-13-7-5-8-14-26)27-15-9-6-10-16-27/h5-10,13-20,25H,11-12,21-22H2,1-4H3. The second kappa shape index (κ2) is 9.02. The zero-order valence-corrected chi connectivity index (χ0v) is 20.3. The van der Waals surface area contributed by atoms with E-state index in [9.17, 15) is 0 Å². The minimum Gasteiger partial charge on any atom is -0.405 e. The van der Waals surface area contributed by atoms with Gasteiger partial charge in [0.25, 0.3) is 8.32 Å². The van der Waals surface area contributed by atoms with Gasteiger partial charge in [-0.3, -0.25) is 0 Å². The van der Waals surface area contributed by atoms with Gasteiger partial charge < -0.3 is 9.33 Å². The first-order valence-electron chi connectivity index (χ1n) is 11.5. The van der Waals surface area contributed by atoms with E-state index in [2.05, 4.69) is 118 Å². The monoisotopic (exact) mass is 429 g/mol. The molecule has 0 amide bonds. The van der Waals surface area contributed by atoms with E-state index < -0.39 is 8.32 Å². The van der Waals surface area contributed by atoms with Gasteiger partial charge in [-0.2, -0.15) is 0 Å². The average molecular weight is 430 g/mol. The van der Waals surface area contributed by atoms with Crippen LogP contribution >= 0.6 is 0 Å². The highest BCUT2D eigenvalue weighted by Gasteiger charge is 2.50. The maximum Gasteiger partial charge on any atom is 0.261 e. The second-order valence-electron chi connectivity index (χ2n) is 9.80. The molecular weight excluding hydrogens is 394 g/mol. The molecule has 0 saturated carbocycles.